The Morgan fingerprint density at radius 2 is 2.00 bits per heavy atom. The molecular weight excluding hydrogens is 552 g/mol. The molecule has 1 saturated carbocycles. The van der Waals surface area contributed by atoms with Gasteiger partial charge in [-0.2, -0.15) is 18.4 Å². The number of carbonyl (C=O) groups excluding carboxylic acids is 2. The van der Waals surface area contributed by atoms with E-state index in [0.717, 1.165) is 30.3 Å². The van der Waals surface area contributed by atoms with Crippen molar-refractivity contribution in [1.82, 2.24) is 15.1 Å². The number of ether oxygens (including phenoxy) is 1. The smallest absolute Gasteiger partial charge is 0.379 e. The lowest BCUT2D eigenvalue weighted by Crippen LogP contribution is -2.55. The minimum atomic E-state index is -4.81. The van der Waals surface area contributed by atoms with Crippen LogP contribution in [0.4, 0.5) is 23.2 Å². The largest absolute Gasteiger partial charge is 0.415 e. The Morgan fingerprint density at radius 1 is 1.27 bits per heavy atom. The second-order valence-electron chi connectivity index (χ2n) is 10.0. The molecule has 40 heavy (non-hydrogen) atoms. The van der Waals surface area contributed by atoms with Crippen LogP contribution >= 0.6 is 12.2 Å². The summed E-state index contributed by atoms with van der Waals surface area (Å²) in [6.45, 7) is 3.56. The van der Waals surface area contributed by atoms with Crippen molar-refractivity contribution in [2.45, 2.75) is 43.4 Å². The normalized spacial score (nSPS) is 23.0. The number of halogens is 4. The number of carbonyl (C=O) groups is 2. The highest BCUT2D eigenvalue weighted by Gasteiger charge is 2.61. The SMILES string of the molecule is N#CC1=C(C(F)(F)F)CC(N2C(=O)C3(CCC3)N(c3ccc(F)c(C(=O)NCCN4CCOCC4)c3)C2=S)C=N1. The zero-order valence-electron chi connectivity index (χ0n) is 21.3. The Hall–Kier alpha value is -3.41. The van der Waals surface area contributed by atoms with Crippen LogP contribution in [0.15, 0.2) is 34.5 Å². The van der Waals surface area contributed by atoms with Gasteiger partial charge >= 0.3 is 6.18 Å². The monoisotopic (exact) mass is 578 g/mol. The van der Waals surface area contributed by atoms with Gasteiger partial charge in [0.1, 0.15) is 23.1 Å². The number of anilines is 1. The summed E-state index contributed by atoms with van der Waals surface area (Å²) in [6, 6.07) is 4.12. The molecular formula is C26H26F4N6O3S. The van der Waals surface area contributed by atoms with Crippen molar-refractivity contribution in [2.24, 2.45) is 4.99 Å². The molecule has 0 aromatic heterocycles. The van der Waals surface area contributed by atoms with Gasteiger partial charge in [0.25, 0.3) is 11.8 Å². The number of hydrogen-bond acceptors (Lipinski definition) is 7. The van der Waals surface area contributed by atoms with Crippen LogP contribution in [-0.2, 0) is 9.53 Å². The van der Waals surface area contributed by atoms with Gasteiger partial charge in [-0.05, 0) is 49.7 Å². The number of alkyl halides is 3. The van der Waals surface area contributed by atoms with Gasteiger partial charge in [0.2, 0.25) is 0 Å². The fourth-order valence-corrected chi connectivity index (χ4v) is 5.97. The van der Waals surface area contributed by atoms with E-state index >= 15 is 0 Å². The molecule has 0 radical (unpaired) electrons. The molecule has 3 aliphatic heterocycles. The van der Waals surface area contributed by atoms with E-state index in [9.17, 15) is 27.2 Å². The highest BCUT2D eigenvalue weighted by atomic mass is 32.1. The van der Waals surface area contributed by atoms with Crippen molar-refractivity contribution in [1.29, 1.82) is 5.26 Å². The Morgan fingerprint density at radius 3 is 2.62 bits per heavy atom. The summed E-state index contributed by atoms with van der Waals surface area (Å²) in [5.74, 6) is -1.87. The van der Waals surface area contributed by atoms with Gasteiger partial charge in [-0.25, -0.2) is 9.38 Å². The third-order valence-electron chi connectivity index (χ3n) is 7.75. The summed E-state index contributed by atoms with van der Waals surface area (Å²) in [4.78, 5) is 35.0. The molecule has 0 bridgehead atoms. The first-order valence-corrected chi connectivity index (χ1v) is 13.3. The second kappa shape index (κ2) is 10.9. The number of aliphatic imine (C=N–C) groups is 1. The van der Waals surface area contributed by atoms with E-state index in [-0.39, 0.29) is 16.4 Å². The third kappa shape index (κ3) is 4.97. The first kappa shape index (κ1) is 28.1. The predicted molar refractivity (Wildman–Crippen MR) is 140 cm³/mol. The number of nitriles is 1. The Labute approximate surface area is 233 Å². The molecule has 2 saturated heterocycles. The number of thiocarbonyl (C=S) groups is 1. The number of nitrogens with one attached hydrogen (secondary N) is 1. The standard InChI is InChI=1S/C26H26F4N6O3S/c27-20-3-2-16(12-18(20)22(37)32-6-7-34-8-10-39-11-9-34)36-24(40)35(23(38)25(36)4-1-5-25)17-13-19(26(28,29)30)21(14-31)33-15-17/h2-3,12,15,17H,1,4-11,13H2,(H,32,37). The zero-order valence-corrected chi connectivity index (χ0v) is 22.2. The molecule has 14 heteroatoms. The van der Waals surface area contributed by atoms with Crippen molar-refractivity contribution in [3.8, 4) is 6.07 Å². The van der Waals surface area contributed by atoms with E-state index in [1.807, 2.05) is 0 Å². The first-order valence-electron chi connectivity index (χ1n) is 12.9. The second-order valence-corrected chi connectivity index (χ2v) is 10.4. The van der Waals surface area contributed by atoms with Crippen LogP contribution in [0.3, 0.4) is 0 Å². The van der Waals surface area contributed by atoms with Gasteiger partial charge in [0.15, 0.2) is 5.11 Å². The van der Waals surface area contributed by atoms with Gasteiger partial charge in [-0.1, -0.05) is 0 Å². The van der Waals surface area contributed by atoms with E-state index in [0.29, 0.717) is 45.6 Å². The number of amides is 2. The molecule has 5 rings (SSSR count). The molecule has 1 aromatic rings. The van der Waals surface area contributed by atoms with Crippen molar-refractivity contribution >= 4 is 41.0 Å². The maximum Gasteiger partial charge on any atom is 0.415 e. The van der Waals surface area contributed by atoms with Crippen LogP contribution in [0.1, 0.15) is 36.0 Å². The van der Waals surface area contributed by atoms with Gasteiger partial charge < -0.3 is 15.0 Å². The van der Waals surface area contributed by atoms with Crippen molar-refractivity contribution in [3.05, 3.63) is 40.8 Å². The molecule has 4 aliphatic rings. The summed E-state index contributed by atoms with van der Waals surface area (Å²) in [7, 11) is 0. The highest BCUT2D eigenvalue weighted by molar-refractivity contribution is 7.80. The number of benzene rings is 1. The molecule has 1 unspecified atom stereocenters. The Kier molecular flexibility index (Phi) is 7.64. The molecule has 1 aromatic carbocycles. The lowest BCUT2D eigenvalue weighted by molar-refractivity contribution is -0.134. The number of morpholine rings is 1. The van der Waals surface area contributed by atoms with E-state index in [4.69, 9.17) is 22.2 Å². The molecule has 1 spiro atoms. The molecule has 1 aliphatic carbocycles. The molecule has 2 amide bonds. The van der Waals surface area contributed by atoms with Crippen LogP contribution in [0.5, 0.6) is 0 Å². The van der Waals surface area contributed by atoms with E-state index in [1.54, 1.807) is 0 Å². The van der Waals surface area contributed by atoms with E-state index < -0.39 is 53.1 Å². The van der Waals surface area contributed by atoms with E-state index in [1.165, 1.54) is 23.1 Å². The molecule has 1 atom stereocenters. The highest BCUT2D eigenvalue weighted by Crippen LogP contribution is 2.48. The number of nitrogens with zero attached hydrogens (tertiary/aromatic N) is 5. The van der Waals surface area contributed by atoms with Gasteiger partial charge in [-0.15, -0.1) is 0 Å². The molecule has 3 fully saturated rings. The molecule has 1 N–H and O–H groups in total. The lowest BCUT2D eigenvalue weighted by atomic mass is 9.75. The Balaban J connectivity index is 1.38. The van der Waals surface area contributed by atoms with Crippen LogP contribution in [0, 0.1) is 17.1 Å². The van der Waals surface area contributed by atoms with Crippen LogP contribution in [0.2, 0.25) is 0 Å². The van der Waals surface area contributed by atoms with Gasteiger partial charge in [-0.3, -0.25) is 19.4 Å². The molecule has 212 valence electrons. The van der Waals surface area contributed by atoms with Gasteiger partial charge in [0, 0.05) is 44.5 Å². The number of rotatable bonds is 6. The Bertz CT molecular complexity index is 1330. The topological polar surface area (TPSA) is 101 Å². The summed E-state index contributed by atoms with van der Waals surface area (Å²) in [6.07, 6.45) is -2.90. The van der Waals surface area contributed by atoms with Crippen molar-refractivity contribution < 1.29 is 31.9 Å². The number of allylic oxidation sites excluding steroid dienone is 1. The minimum Gasteiger partial charge on any atom is -0.379 e. The van der Waals surface area contributed by atoms with Crippen molar-refractivity contribution in [3.63, 3.8) is 0 Å². The summed E-state index contributed by atoms with van der Waals surface area (Å²) in [5.41, 5.74) is -2.97. The average molecular weight is 579 g/mol. The van der Waals surface area contributed by atoms with Gasteiger partial charge in [0.05, 0.1) is 30.4 Å². The van der Waals surface area contributed by atoms with E-state index in [2.05, 4.69) is 15.2 Å². The average Bonchev–Trinajstić information content (AvgIpc) is 3.15. The van der Waals surface area contributed by atoms with Crippen molar-refractivity contribution in [2.75, 3.05) is 44.3 Å². The van der Waals surface area contributed by atoms with Crippen LogP contribution in [0.25, 0.3) is 0 Å². The molecule has 9 nitrogen and oxygen atoms in total. The summed E-state index contributed by atoms with van der Waals surface area (Å²) < 4.78 is 61.0. The maximum atomic E-state index is 14.8. The minimum absolute atomic E-state index is 0.0617. The first-order chi connectivity index (χ1) is 19.1. The summed E-state index contributed by atoms with van der Waals surface area (Å²) in [5, 5.41) is 11.8. The fraction of sp³-hybridized carbons (Fsp3) is 0.500. The zero-order chi connectivity index (χ0) is 28.7. The summed E-state index contributed by atoms with van der Waals surface area (Å²) >= 11 is 5.62. The fourth-order valence-electron chi connectivity index (χ4n) is 5.47. The molecule has 3 heterocycles. The van der Waals surface area contributed by atoms with Crippen LogP contribution < -0.4 is 10.2 Å². The number of hydrogen-bond donors (Lipinski definition) is 1. The predicted octanol–water partition coefficient (Wildman–Crippen LogP) is 2.93. The maximum absolute atomic E-state index is 14.8. The quantitative estimate of drug-likeness (QED) is 0.409. The lowest BCUT2D eigenvalue weighted by Gasteiger charge is -2.43. The third-order valence-corrected chi connectivity index (χ3v) is 8.13. The van der Waals surface area contributed by atoms with Crippen LogP contribution in [-0.4, -0.2) is 90.1 Å².